The van der Waals surface area contributed by atoms with Gasteiger partial charge in [0, 0.05) is 17.3 Å². The Bertz CT molecular complexity index is 513. The number of likely N-dealkylation sites (tertiary alicyclic amines) is 1. The molecule has 1 atom stereocenters. The van der Waals surface area contributed by atoms with Gasteiger partial charge in [-0.25, -0.2) is 0 Å². The zero-order valence-corrected chi connectivity index (χ0v) is 12.9. The molecule has 0 radical (unpaired) electrons. The number of carbonyl (C=O) groups excluding carboxylic acids is 2. The van der Waals surface area contributed by atoms with Crippen LogP contribution < -0.4 is 5.32 Å². The predicted octanol–water partition coefficient (Wildman–Crippen LogP) is 3.09. The van der Waals surface area contributed by atoms with Crippen LogP contribution in [-0.2, 0) is 4.79 Å². The molecule has 1 saturated heterocycles. The average Bonchev–Trinajstić information content (AvgIpc) is 2.48. The van der Waals surface area contributed by atoms with Gasteiger partial charge in [-0.15, -0.1) is 0 Å². The molecule has 1 aromatic carbocycles. The number of nitrogens with one attached hydrogen (secondary N) is 1. The van der Waals surface area contributed by atoms with E-state index in [1.54, 1.807) is 18.2 Å². The van der Waals surface area contributed by atoms with Crippen LogP contribution in [0.2, 0.25) is 0 Å². The fourth-order valence-corrected chi connectivity index (χ4v) is 2.93. The van der Waals surface area contributed by atoms with E-state index >= 15 is 0 Å². The van der Waals surface area contributed by atoms with Crippen LogP contribution in [-0.4, -0.2) is 35.7 Å². The van der Waals surface area contributed by atoms with Crippen molar-refractivity contribution in [2.45, 2.75) is 45.6 Å². The van der Waals surface area contributed by atoms with E-state index in [2.05, 4.69) is 17.1 Å². The maximum absolute atomic E-state index is 12.2. The summed E-state index contributed by atoms with van der Waals surface area (Å²) in [5, 5.41) is 2.90. The topological polar surface area (TPSA) is 49.4 Å². The lowest BCUT2D eigenvalue weighted by atomic mass is 10.00. The van der Waals surface area contributed by atoms with Gasteiger partial charge in [-0.1, -0.05) is 25.5 Å². The molecule has 0 spiro atoms. The van der Waals surface area contributed by atoms with Gasteiger partial charge in [0.25, 0.3) is 0 Å². The fraction of sp³-hybridized carbons (Fsp3) is 0.529. The minimum Gasteiger partial charge on any atom is -0.325 e. The lowest BCUT2D eigenvalue weighted by Crippen LogP contribution is -2.43. The summed E-state index contributed by atoms with van der Waals surface area (Å²) in [6, 6.07) is 7.62. The number of amides is 1. The third-order valence-electron chi connectivity index (χ3n) is 4.12. The van der Waals surface area contributed by atoms with Gasteiger partial charge in [0.1, 0.15) is 0 Å². The summed E-state index contributed by atoms with van der Waals surface area (Å²) >= 11 is 0. The Balaban J connectivity index is 1.95. The monoisotopic (exact) mass is 288 g/mol. The standard InChI is InChI=1S/C17H24N2O2/c1-3-16-9-4-5-10-19(16)12-17(21)18-15-8-6-7-14(11-15)13(2)20/h6-8,11,16H,3-5,9-10,12H2,1-2H3,(H,18,21)/t16-/m0/s1. The normalized spacial score (nSPS) is 19.2. The average molecular weight is 288 g/mol. The van der Waals surface area contributed by atoms with Gasteiger partial charge >= 0.3 is 0 Å². The number of hydrogen-bond acceptors (Lipinski definition) is 3. The molecule has 1 aliphatic heterocycles. The van der Waals surface area contributed by atoms with Gasteiger partial charge in [-0.3, -0.25) is 14.5 Å². The zero-order chi connectivity index (χ0) is 15.2. The van der Waals surface area contributed by atoms with E-state index in [0.717, 1.165) is 13.0 Å². The maximum atomic E-state index is 12.2. The molecule has 4 nitrogen and oxygen atoms in total. The van der Waals surface area contributed by atoms with E-state index in [1.807, 2.05) is 6.07 Å². The molecule has 0 saturated carbocycles. The SMILES string of the molecule is CC[C@H]1CCCCN1CC(=O)Nc1cccc(C(C)=O)c1. The molecule has 1 fully saturated rings. The molecular formula is C17H24N2O2. The molecule has 0 aromatic heterocycles. The molecule has 0 bridgehead atoms. The summed E-state index contributed by atoms with van der Waals surface area (Å²) in [5.74, 6) is 0.00392. The highest BCUT2D eigenvalue weighted by Crippen LogP contribution is 2.19. The van der Waals surface area contributed by atoms with Crippen LogP contribution in [0.25, 0.3) is 0 Å². The fourth-order valence-electron chi connectivity index (χ4n) is 2.93. The quantitative estimate of drug-likeness (QED) is 0.847. The first-order chi connectivity index (χ1) is 10.1. The minimum atomic E-state index is -0.00366. The second kappa shape index (κ2) is 7.36. The van der Waals surface area contributed by atoms with Crippen molar-refractivity contribution < 1.29 is 9.59 Å². The molecule has 21 heavy (non-hydrogen) atoms. The van der Waals surface area contributed by atoms with Gasteiger partial charge in [-0.05, 0) is 44.9 Å². The van der Waals surface area contributed by atoms with Gasteiger partial charge < -0.3 is 5.32 Å². The number of benzene rings is 1. The molecule has 1 aromatic rings. The zero-order valence-electron chi connectivity index (χ0n) is 12.9. The Morgan fingerprint density at radius 1 is 1.33 bits per heavy atom. The molecular weight excluding hydrogens is 264 g/mol. The largest absolute Gasteiger partial charge is 0.325 e. The van der Waals surface area contributed by atoms with Crippen molar-refractivity contribution >= 4 is 17.4 Å². The summed E-state index contributed by atoms with van der Waals surface area (Å²) in [7, 11) is 0. The maximum Gasteiger partial charge on any atom is 0.238 e. The molecule has 4 heteroatoms. The van der Waals surface area contributed by atoms with Gasteiger partial charge in [0.2, 0.25) is 5.91 Å². The Kier molecular flexibility index (Phi) is 5.51. The number of Topliss-reactive ketones (excluding diaryl/α,β-unsaturated/α-hetero) is 1. The summed E-state index contributed by atoms with van der Waals surface area (Å²) in [6.07, 6.45) is 4.71. The second-order valence-electron chi connectivity index (χ2n) is 5.71. The third-order valence-corrected chi connectivity index (χ3v) is 4.12. The van der Waals surface area contributed by atoms with Crippen LogP contribution in [0.4, 0.5) is 5.69 Å². The van der Waals surface area contributed by atoms with Gasteiger partial charge in [0.15, 0.2) is 5.78 Å². The highest BCUT2D eigenvalue weighted by molar-refractivity contribution is 5.97. The van der Waals surface area contributed by atoms with Crippen LogP contribution in [0.5, 0.6) is 0 Å². The Labute approximate surface area is 126 Å². The summed E-state index contributed by atoms with van der Waals surface area (Å²) in [5.41, 5.74) is 1.31. The predicted molar refractivity (Wildman–Crippen MR) is 84.6 cm³/mol. The van der Waals surface area contributed by atoms with E-state index in [9.17, 15) is 9.59 Å². The van der Waals surface area contributed by atoms with Crippen molar-refractivity contribution in [1.82, 2.24) is 4.90 Å². The molecule has 0 aliphatic carbocycles. The number of piperidine rings is 1. The molecule has 1 aliphatic rings. The van der Waals surface area contributed by atoms with E-state index in [4.69, 9.17) is 0 Å². The molecule has 114 valence electrons. The smallest absolute Gasteiger partial charge is 0.238 e. The third kappa shape index (κ3) is 4.39. The first kappa shape index (κ1) is 15.7. The lowest BCUT2D eigenvalue weighted by Gasteiger charge is -2.34. The number of rotatable bonds is 5. The van der Waals surface area contributed by atoms with Crippen molar-refractivity contribution in [1.29, 1.82) is 0 Å². The Morgan fingerprint density at radius 2 is 2.14 bits per heavy atom. The van der Waals surface area contributed by atoms with E-state index in [1.165, 1.54) is 26.2 Å². The highest BCUT2D eigenvalue weighted by Gasteiger charge is 2.22. The molecule has 2 rings (SSSR count). The molecule has 0 unspecified atom stereocenters. The number of hydrogen-bond donors (Lipinski definition) is 1. The van der Waals surface area contributed by atoms with Crippen molar-refractivity contribution in [3.05, 3.63) is 29.8 Å². The highest BCUT2D eigenvalue weighted by atomic mass is 16.2. The van der Waals surface area contributed by atoms with Crippen molar-refractivity contribution in [2.75, 3.05) is 18.4 Å². The number of ketones is 1. The first-order valence-corrected chi connectivity index (χ1v) is 7.75. The Hall–Kier alpha value is -1.68. The molecule has 1 amide bonds. The van der Waals surface area contributed by atoms with Gasteiger partial charge in [0.05, 0.1) is 6.54 Å². The van der Waals surface area contributed by atoms with Gasteiger partial charge in [-0.2, -0.15) is 0 Å². The van der Waals surface area contributed by atoms with Crippen molar-refractivity contribution in [2.24, 2.45) is 0 Å². The van der Waals surface area contributed by atoms with Crippen LogP contribution in [0.3, 0.4) is 0 Å². The first-order valence-electron chi connectivity index (χ1n) is 7.75. The summed E-state index contributed by atoms with van der Waals surface area (Å²) in [4.78, 5) is 25.8. The van der Waals surface area contributed by atoms with Crippen LogP contribution in [0.1, 0.15) is 49.9 Å². The Morgan fingerprint density at radius 3 is 2.86 bits per heavy atom. The van der Waals surface area contributed by atoms with E-state index < -0.39 is 0 Å². The number of carbonyl (C=O) groups is 2. The number of anilines is 1. The van der Waals surface area contributed by atoms with Crippen molar-refractivity contribution in [3.8, 4) is 0 Å². The van der Waals surface area contributed by atoms with Crippen LogP contribution >= 0.6 is 0 Å². The lowest BCUT2D eigenvalue weighted by molar-refractivity contribution is -0.118. The van der Waals surface area contributed by atoms with Crippen LogP contribution in [0.15, 0.2) is 24.3 Å². The van der Waals surface area contributed by atoms with Crippen molar-refractivity contribution in [3.63, 3.8) is 0 Å². The van der Waals surface area contributed by atoms with Crippen LogP contribution in [0, 0.1) is 0 Å². The van der Waals surface area contributed by atoms with E-state index in [0.29, 0.717) is 23.8 Å². The minimum absolute atomic E-state index is 0.00366. The number of nitrogens with zero attached hydrogens (tertiary/aromatic N) is 1. The molecule has 1 N–H and O–H groups in total. The molecule has 1 heterocycles. The second-order valence-corrected chi connectivity index (χ2v) is 5.71. The summed E-state index contributed by atoms with van der Waals surface area (Å²) in [6.45, 7) is 5.14. The summed E-state index contributed by atoms with van der Waals surface area (Å²) < 4.78 is 0. The van der Waals surface area contributed by atoms with E-state index in [-0.39, 0.29) is 11.7 Å².